The van der Waals surface area contributed by atoms with Crippen LogP contribution in [-0.4, -0.2) is 46.7 Å². The quantitative estimate of drug-likeness (QED) is 0.179. The average molecular weight is 353 g/mol. The average Bonchev–Trinajstić information content (AvgIpc) is 2.57. The molecule has 0 bridgehead atoms. The Balaban J connectivity index is 0.000000463. The fourth-order valence-electron chi connectivity index (χ4n) is 1.76. The Labute approximate surface area is 146 Å². The standard InChI is InChI=1S/C10H13NO2.C6H14N4O2/c11-9(10(12)13)7-6-8-4-2-1-3-5-8;7-4(5(11)12)2-1-3-10-6(8)9/h1-5,9H,6-7,11H2,(H,12,13);4H,1-3,7H2,(H,11,12)(H4,8,9,10). The smallest absolute Gasteiger partial charge is 0.320 e. The van der Waals surface area contributed by atoms with Crippen LogP contribution in [0.5, 0.6) is 0 Å². The molecule has 0 spiro atoms. The molecule has 0 heterocycles. The van der Waals surface area contributed by atoms with E-state index in [0.717, 1.165) is 5.56 Å². The lowest BCUT2D eigenvalue weighted by Gasteiger charge is -2.06. The summed E-state index contributed by atoms with van der Waals surface area (Å²) in [5.41, 5.74) is 16.7. The molecule has 1 rings (SSSR count). The number of hydrogen-bond donors (Lipinski definition) is 7. The molecule has 0 amide bonds. The van der Waals surface area contributed by atoms with Crippen LogP contribution in [0.15, 0.2) is 30.3 Å². The molecule has 0 saturated carbocycles. The maximum Gasteiger partial charge on any atom is 0.320 e. The van der Waals surface area contributed by atoms with Crippen molar-refractivity contribution in [2.24, 2.45) is 17.2 Å². The molecule has 0 aliphatic carbocycles. The third-order valence-corrected chi connectivity index (χ3v) is 3.23. The van der Waals surface area contributed by atoms with Crippen LogP contribution in [0.3, 0.4) is 0 Å². The highest BCUT2D eigenvalue weighted by Crippen LogP contribution is 2.03. The maximum atomic E-state index is 10.4. The van der Waals surface area contributed by atoms with E-state index in [1.807, 2.05) is 30.3 Å². The number of guanidine groups is 1. The van der Waals surface area contributed by atoms with Gasteiger partial charge in [-0.1, -0.05) is 30.3 Å². The van der Waals surface area contributed by atoms with Crippen LogP contribution in [0, 0.1) is 5.41 Å². The summed E-state index contributed by atoms with van der Waals surface area (Å²) in [5.74, 6) is -2.05. The fraction of sp³-hybridized carbons (Fsp3) is 0.438. The minimum Gasteiger partial charge on any atom is -0.480 e. The number of carboxylic acids is 2. The van der Waals surface area contributed by atoms with Crippen molar-refractivity contribution in [1.29, 1.82) is 5.41 Å². The summed E-state index contributed by atoms with van der Waals surface area (Å²) in [6.07, 6.45) is 2.18. The van der Waals surface area contributed by atoms with E-state index in [9.17, 15) is 9.59 Å². The van der Waals surface area contributed by atoms with Crippen LogP contribution in [-0.2, 0) is 16.0 Å². The molecule has 140 valence electrons. The number of rotatable bonds is 9. The van der Waals surface area contributed by atoms with Crippen molar-refractivity contribution in [2.45, 2.75) is 37.8 Å². The molecule has 10 N–H and O–H groups in total. The molecule has 0 aliphatic rings. The first-order chi connectivity index (χ1) is 11.7. The van der Waals surface area contributed by atoms with E-state index in [1.165, 1.54) is 0 Å². The Morgan fingerprint density at radius 2 is 1.56 bits per heavy atom. The van der Waals surface area contributed by atoms with Gasteiger partial charge in [-0.25, -0.2) is 0 Å². The van der Waals surface area contributed by atoms with Crippen LogP contribution in [0.25, 0.3) is 0 Å². The predicted molar refractivity (Wildman–Crippen MR) is 95.1 cm³/mol. The van der Waals surface area contributed by atoms with Crippen molar-refractivity contribution in [2.75, 3.05) is 6.54 Å². The molecule has 2 atom stereocenters. The second-order valence-corrected chi connectivity index (χ2v) is 5.40. The molecule has 0 saturated heterocycles. The molecule has 25 heavy (non-hydrogen) atoms. The Bertz CT molecular complexity index is 539. The number of nitrogens with two attached hydrogens (primary N) is 3. The highest BCUT2D eigenvalue weighted by molar-refractivity contribution is 5.74. The van der Waals surface area contributed by atoms with Crippen molar-refractivity contribution < 1.29 is 19.8 Å². The zero-order chi connectivity index (χ0) is 19.2. The maximum absolute atomic E-state index is 10.4. The molecule has 9 heteroatoms. The van der Waals surface area contributed by atoms with E-state index in [2.05, 4.69) is 5.32 Å². The van der Waals surface area contributed by atoms with Gasteiger partial charge in [0, 0.05) is 6.54 Å². The first kappa shape index (κ1) is 22.4. The minimum atomic E-state index is -1.00. The molecular weight excluding hydrogens is 326 g/mol. The largest absolute Gasteiger partial charge is 0.480 e. The number of aryl methyl sites for hydroxylation is 1. The summed E-state index contributed by atoms with van der Waals surface area (Å²) in [7, 11) is 0. The summed E-state index contributed by atoms with van der Waals surface area (Å²) >= 11 is 0. The number of carboxylic acid groups (broad SMARTS) is 2. The van der Waals surface area contributed by atoms with Gasteiger partial charge in [-0.3, -0.25) is 15.0 Å². The number of aliphatic carboxylic acids is 2. The third kappa shape index (κ3) is 12.4. The third-order valence-electron chi connectivity index (χ3n) is 3.23. The van der Waals surface area contributed by atoms with Crippen LogP contribution in [0.1, 0.15) is 24.8 Å². The highest BCUT2D eigenvalue weighted by atomic mass is 16.4. The molecule has 0 radical (unpaired) electrons. The Morgan fingerprint density at radius 3 is 2.04 bits per heavy atom. The van der Waals surface area contributed by atoms with E-state index < -0.39 is 24.0 Å². The topological polar surface area (TPSA) is 189 Å². The molecule has 0 aromatic heterocycles. The second-order valence-electron chi connectivity index (χ2n) is 5.40. The van der Waals surface area contributed by atoms with Crippen molar-refractivity contribution in [3.8, 4) is 0 Å². The van der Waals surface area contributed by atoms with Gasteiger partial charge in [0.05, 0.1) is 0 Å². The Hall–Kier alpha value is -2.65. The lowest BCUT2D eigenvalue weighted by atomic mass is 10.1. The minimum absolute atomic E-state index is 0.112. The number of benzene rings is 1. The zero-order valence-electron chi connectivity index (χ0n) is 14.0. The Morgan fingerprint density at radius 1 is 1.04 bits per heavy atom. The van der Waals surface area contributed by atoms with E-state index in [1.54, 1.807) is 0 Å². The second kappa shape index (κ2) is 12.7. The van der Waals surface area contributed by atoms with Crippen molar-refractivity contribution in [3.05, 3.63) is 35.9 Å². The molecule has 0 aliphatic heterocycles. The molecule has 1 aromatic carbocycles. The van der Waals surface area contributed by atoms with Gasteiger partial charge in [-0.2, -0.15) is 0 Å². The summed E-state index contributed by atoms with van der Waals surface area (Å²) in [6, 6.07) is 8.16. The molecule has 0 fully saturated rings. The van der Waals surface area contributed by atoms with Crippen molar-refractivity contribution in [3.63, 3.8) is 0 Å². The SMILES string of the molecule is N=C(N)NCCCC(N)C(=O)O.NC(CCc1ccccc1)C(=O)O. The monoisotopic (exact) mass is 353 g/mol. The molecule has 9 nitrogen and oxygen atoms in total. The van der Waals surface area contributed by atoms with Crippen LogP contribution in [0.2, 0.25) is 0 Å². The summed E-state index contributed by atoms with van der Waals surface area (Å²) < 4.78 is 0. The number of carbonyl (C=O) groups is 2. The number of hydrogen-bond acceptors (Lipinski definition) is 5. The van der Waals surface area contributed by atoms with E-state index in [4.69, 9.17) is 32.8 Å². The van der Waals surface area contributed by atoms with Crippen LogP contribution in [0.4, 0.5) is 0 Å². The van der Waals surface area contributed by atoms with Crippen molar-refractivity contribution >= 4 is 17.9 Å². The number of nitrogens with one attached hydrogen (secondary N) is 2. The molecular formula is C16H27N5O4. The lowest BCUT2D eigenvalue weighted by molar-refractivity contribution is -0.139. The van der Waals surface area contributed by atoms with Gasteiger partial charge >= 0.3 is 11.9 Å². The van der Waals surface area contributed by atoms with Gasteiger partial charge in [0.1, 0.15) is 12.1 Å². The zero-order valence-corrected chi connectivity index (χ0v) is 14.0. The molecule has 1 aromatic rings. The first-order valence-corrected chi connectivity index (χ1v) is 7.82. The summed E-state index contributed by atoms with van der Waals surface area (Å²) in [6.45, 7) is 0.482. The van der Waals surface area contributed by atoms with Gasteiger partial charge in [0.15, 0.2) is 5.96 Å². The van der Waals surface area contributed by atoms with Gasteiger partial charge in [0.25, 0.3) is 0 Å². The summed E-state index contributed by atoms with van der Waals surface area (Å²) in [4.78, 5) is 20.6. The lowest BCUT2D eigenvalue weighted by Crippen LogP contribution is -2.34. The Kier molecular flexibility index (Phi) is 11.4. The van der Waals surface area contributed by atoms with Gasteiger partial charge in [-0.05, 0) is 31.2 Å². The van der Waals surface area contributed by atoms with Gasteiger partial charge in [-0.15, -0.1) is 0 Å². The normalized spacial score (nSPS) is 12.2. The van der Waals surface area contributed by atoms with Crippen LogP contribution >= 0.6 is 0 Å². The van der Waals surface area contributed by atoms with Gasteiger partial charge in [0.2, 0.25) is 0 Å². The predicted octanol–water partition coefficient (Wildman–Crippen LogP) is -0.307. The highest BCUT2D eigenvalue weighted by Gasteiger charge is 2.10. The van der Waals surface area contributed by atoms with E-state index in [0.29, 0.717) is 32.2 Å². The van der Waals surface area contributed by atoms with E-state index in [-0.39, 0.29) is 5.96 Å². The first-order valence-electron chi connectivity index (χ1n) is 7.82. The van der Waals surface area contributed by atoms with Crippen LogP contribution < -0.4 is 22.5 Å². The molecule has 2 unspecified atom stereocenters. The van der Waals surface area contributed by atoms with E-state index >= 15 is 0 Å². The van der Waals surface area contributed by atoms with Crippen molar-refractivity contribution in [1.82, 2.24) is 5.32 Å². The van der Waals surface area contributed by atoms with Gasteiger partial charge < -0.3 is 32.7 Å². The fourth-order valence-corrected chi connectivity index (χ4v) is 1.76. The summed E-state index contributed by atoms with van der Waals surface area (Å²) in [5, 5.41) is 26.2.